The van der Waals surface area contributed by atoms with Gasteiger partial charge in [0, 0.05) is 24.7 Å². The maximum absolute atomic E-state index is 2.57. The van der Waals surface area contributed by atoms with E-state index in [1.807, 2.05) is 0 Å². The highest BCUT2D eigenvalue weighted by Crippen LogP contribution is 2.27. The third-order valence-corrected chi connectivity index (χ3v) is 4.87. The highest BCUT2D eigenvalue weighted by Gasteiger charge is 2.31. The fourth-order valence-electron chi connectivity index (χ4n) is 3.45. The summed E-state index contributed by atoms with van der Waals surface area (Å²) < 4.78 is 0. The van der Waals surface area contributed by atoms with Crippen molar-refractivity contribution in [3.8, 4) is 0 Å². The maximum atomic E-state index is 2.57. The Morgan fingerprint density at radius 3 is 2.20 bits per heavy atom. The molecule has 2 unspecified atom stereocenters. The molecule has 0 amide bonds. The molecule has 1 fully saturated rings. The van der Waals surface area contributed by atoms with Crippen molar-refractivity contribution in [2.75, 3.05) is 14.1 Å². The molecule has 0 heterocycles. The largest absolute Gasteiger partial charge is 0.299 e. The molecular formula is C18H30N2. The van der Waals surface area contributed by atoms with Crippen LogP contribution in [0.15, 0.2) is 30.3 Å². The van der Waals surface area contributed by atoms with Gasteiger partial charge in [0.2, 0.25) is 0 Å². The van der Waals surface area contributed by atoms with E-state index in [0.29, 0.717) is 18.1 Å². The van der Waals surface area contributed by atoms with E-state index >= 15 is 0 Å². The number of benzene rings is 1. The normalized spacial score (nSPS) is 23.8. The summed E-state index contributed by atoms with van der Waals surface area (Å²) >= 11 is 0. The average molecular weight is 274 g/mol. The van der Waals surface area contributed by atoms with Crippen LogP contribution in [0.25, 0.3) is 0 Å². The van der Waals surface area contributed by atoms with Gasteiger partial charge < -0.3 is 0 Å². The van der Waals surface area contributed by atoms with E-state index in [9.17, 15) is 0 Å². The van der Waals surface area contributed by atoms with Gasteiger partial charge in [0.1, 0.15) is 0 Å². The summed E-state index contributed by atoms with van der Waals surface area (Å²) in [7, 11) is 4.59. The topological polar surface area (TPSA) is 6.48 Å². The minimum Gasteiger partial charge on any atom is -0.299 e. The molecule has 0 saturated heterocycles. The fourth-order valence-corrected chi connectivity index (χ4v) is 3.45. The van der Waals surface area contributed by atoms with Crippen LogP contribution in [0.2, 0.25) is 0 Å². The zero-order valence-corrected chi connectivity index (χ0v) is 13.5. The molecule has 2 atom stereocenters. The van der Waals surface area contributed by atoms with Crippen LogP contribution in [-0.4, -0.2) is 42.0 Å². The van der Waals surface area contributed by atoms with Gasteiger partial charge >= 0.3 is 0 Å². The lowest BCUT2D eigenvalue weighted by molar-refractivity contribution is 0.0569. The second-order valence-electron chi connectivity index (χ2n) is 6.58. The van der Waals surface area contributed by atoms with Crippen molar-refractivity contribution in [3.63, 3.8) is 0 Å². The van der Waals surface area contributed by atoms with Crippen LogP contribution in [0.4, 0.5) is 0 Å². The molecule has 1 aliphatic rings. The van der Waals surface area contributed by atoms with E-state index in [1.54, 1.807) is 0 Å². The van der Waals surface area contributed by atoms with E-state index in [0.717, 1.165) is 6.54 Å². The first-order valence-electron chi connectivity index (χ1n) is 8.05. The van der Waals surface area contributed by atoms with Crippen LogP contribution in [-0.2, 0) is 6.54 Å². The number of hydrogen-bond donors (Lipinski definition) is 0. The van der Waals surface area contributed by atoms with Crippen LogP contribution in [0.1, 0.15) is 45.1 Å². The molecule has 2 nitrogen and oxygen atoms in total. The van der Waals surface area contributed by atoms with Crippen molar-refractivity contribution >= 4 is 0 Å². The molecule has 0 N–H and O–H groups in total. The molecule has 1 aromatic rings. The predicted molar refractivity (Wildman–Crippen MR) is 86.9 cm³/mol. The van der Waals surface area contributed by atoms with Gasteiger partial charge in [-0.3, -0.25) is 9.80 Å². The smallest absolute Gasteiger partial charge is 0.0252 e. The van der Waals surface area contributed by atoms with Crippen molar-refractivity contribution in [1.82, 2.24) is 9.80 Å². The lowest BCUT2D eigenvalue weighted by Crippen LogP contribution is -2.52. The van der Waals surface area contributed by atoms with Crippen LogP contribution >= 0.6 is 0 Å². The van der Waals surface area contributed by atoms with Crippen molar-refractivity contribution in [1.29, 1.82) is 0 Å². The Balaban J connectivity index is 2.03. The molecule has 1 aliphatic carbocycles. The SMILES string of the molecule is CC(C)N(C)C1CCCCC1N(C)Cc1ccccc1. The highest BCUT2D eigenvalue weighted by molar-refractivity contribution is 5.14. The van der Waals surface area contributed by atoms with Gasteiger partial charge in [-0.15, -0.1) is 0 Å². The fraction of sp³-hybridized carbons (Fsp3) is 0.667. The van der Waals surface area contributed by atoms with Gasteiger partial charge in [-0.05, 0) is 46.3 Å². The monoisotopic (exact) mass is 274 g/mol. The quantitative estimate of drug-likeness (QED) is 0.806. The number of rotatable bonds is 5. The lowest BCUT2D eigenvalue weighted by atomic mass is 9.87. The van der Waals surface area contributed by atoms with Crippen molar-refractivity contribution in [2.24, 2.45) is 0 Å². The molecule has 1 saturated carbocycles. The van der Waals surface area contributed by atoms with Crippen LogP contribution < -0.4 is 0 Å². The maximum Gasteiger partial charge on any atom is 0.0252 e. The van der Waals surface area contributed by atoms with Crippen molar-refractivity contribution in [3.05, 3.63) is 35.9 Å². The van der Waals surface area contributed by atoms with Crippen LogP contribution in [0, 0.1) is 0 Å². The van der Waals surface area contributed by atoms with Crippen molar-refractivity contribution < 1.29 is 0 Å². The van der Waals surface area contributed by atoms with Gasteiger partial charge in [0.05, 0.1) is 0 Å². The summed E-state index contributed by atoms with van der Waals surface area (Å²) in [4.78, 5) is 5.14. The van der Waals surface area contributed by atoms with E-state index in [4.69, 9.17) is 0 Å². The second-order valence-corrected chi connectivity index (χ2v) is 6.58. The summed E-state index contributed by atoms with van der Waals surface area (Å²) in [5.74, 6) is 0. The van der Waals surface area contributed by atoms with Gasteiger partial charge in [0.15, 0.2) is 0 Å². The predicted octanol–water partition coefficient (Wildman–Crippen LogP) is 3.77. The minimum absolute atomic E-state index is 0.630. The number of hydrogen-bond acceptors (Lipinski definition) is 2. The van der Waals surface area contributed by atoms with Crippen molar-refractivity contribution in [2.45, 2.75) is 64.2 Å². The molecule has 0 aliphatic heterocycles. The van der Waals surface area contributed by atoms with E-state index < -0.39 is 0 Å². The third-order valence-electron chi connectivity index (χ3n) is 4.87. The molecule has 20 heavy (non-hydrogen) atoms. The van der Waals surface area contributed by atoms with E-state index in [-0.39, 0.29) is 0 Å². The standard InChI is InChI=1S/C18H30N2/c1-15(2)20(4)18-13-9-8-12-17(18)19(3)14-16-10-6-5-7-11-16/h5-7,10-11,15,17-18H,8-9,12-14H2,1-4H3. The summed E-state index contributed by atoms with van der Waals surface area (Å²) in [5, 5.41) is 0. The zero-order chi connectivity index (χ0) is 14.5. The van der Waals surface area contributed by atoms with Gasteiger partial charge in [0.25, 0.3) is 0 Å². The van der Waals surface area contributed by atoms with E-state index in [2.05, 4.69) is 68.1 Å². The Bertz CT molecular complexity index is 388. The zero-order valence-electron chi connectivity index (χ0n) is 13.5. The Morgan fingerprint density at radius 2 is 1.60 bits per heavy atom. The molecule has 2 rings (SSSR count). The number of likely N-dealkylation sites (N-methyl/N-ethyl adjacent to an activating group) is 2. The second kappa shape index (κ2) is 7.24. The van der Waals surface area contributed by atoms with E-state index in [1.165, 1.54) is 31.2 Å². The molecule has 112 valence electrons. The molecule has 2 heteroatoms. The molecular weight excluding hydrogens is 244 g/mol. The highest BCUT2D eigenvalue weighted by atomic mass is 15.2. The molecule has 0 aromatic heterocycles. The Hall–Kier alpha value is -0.860. The molecule has 0 bridgehead atoms. The van der Waals surface area contributed by atoms with Crippen LogP contribution in [0.5, 0.6) is 0 Å². The summed E-state index contributed by atoms with van der Waals surface area (Å²) in [6.07, 6.45) is 5.45. The summed E-state index contributed by atoms with van der Waals surface area (Å²) in [6.45, 7) is 5.68. The Morgan fingerprint density at radius 1 is 1.00 bits per heavy atom. The molecule has 0 radical (unpaired) electrons. The van der Waals surface area contributed by atoms with Crippen LogP contribution in [0.3, 0.4) is 0 Å². The Labute approximate surface area is 124 Å². The first-order valence-corrected chi connectivity index (χ1v) is 8.05. The summed E-state index contributed by atoms with van der Waals surface area (Å²) in [6, 6.07) is 12.9. The van der Waals surface area contributed by atoms with Gasteiger partial charge in [-0.1, -0.05) is 43.2 Å². The molecule has 0 spiro atoms. The lowest BCUT2D eigenvalue weighted by Gasteiger charge is -2.44. The van der Waals surface area contributed by atoms with Gasteiger partial charge in [-0.25, -0.2) is 0 Å². The van der Waals surface area contributed by atoms with Gasteiger partial charge in [-0.2, -0.15) is 0 Å². The number of nitrogens with zero attached hydrogens (tertiary/aromatic N) is 2. The summed E-state index contributed by atoms with van der Waals surface area (Å²) in [5.41, 5.74) is 1.42. The first-order chi connectivity index (χ1) is 9.59. The average Bonchev–Trinajstić information content (AvgIpc) is 2.47. The third kappa shape index (κ3) is 3.83. The first kappa shape index (κ1) is 15.5. The minimum atomic E-state index is 0.630. The Kier molecular flexibility index (Phi) is 5.62. The molecule has 1 aromatic carbocycles.